The minimum absolute atomic E-state index is 0.0319. The summed E-state index contributed by atoms with van der Waals surface area (Å²) < 4.78 is 0. The Morgan fingerprint density at radius 3 is 2.43 bits per heavy atom. The fourth-order valence-corrected chi connectivity index (χ4v) is 3.52. The summed E-state index contributed by atoms with van der Waals surface area (Å²) in [6.07, 6.45) is 1.43. The van der Waals surface area contributed by atoms with Gasteiger partial charge in [-0.05, 0) is 38.0 Å². The first-order valence-corrected chi connectivity index (χ1v) is 10.1. The Morgan fingerprint density at radius 1 is 1.03 bits per heavy atom. The number of benzene rings is 2. The van der Waals surface area contributed by atoms with Crippen LogP contribution in [0.2, 0.25) is 0 Å². The van der Waals surface area contributed by atoms with Gasteiger partial charge in [-0.2, -0.15) is 5.10 Å². The molecule has 1 aliphatic heterocycles. The number of rotatable bonds is 4. The van der Waals surface area contributed by atoms with Gasteiger partial charge in [0.15, 0.2) is 0 Å². The number of nitrogens with zero attached hydrogens (tertiary/aromatic N) is 2. The minimum atomic E-state index is -0.173. The number of carbonyl (C=O) groups excluding carboxylic acids is 2. The lowest BCUT2D eigenvalue weighted by molar-refractivity contribution is 0.0914. The van der Waals surface area contributed by atoms with Gasteiger partial charge in [-0.1, -0.05) is 48.0 Å². The maximum atomic E-state index is 12.6. The highest BCUT2D eigenvalue weighted by atomic mass is 16.2. The molecule has 1 aromatic heterocycles. The molecular formula is C23H25N5O2. The van der Waals surface area contributed by atoms with Crippen molar-refractivity contribution in [1.29, 1.82) is 0 Å². The molecule has 2 aromatic carbocycles. The molecule has 3 amide bonds. The molecule has 3 aromatic rings. The number of likely N-dealkylation sites (tertiary alicyclic amines) is 1. The highest BCUT2D eigenvalue weighted by molar-refractivity contribution is 5.93. The van der Waals surface area contributed by atoms with Gasteiger partial charge in [0.2, 0.25) is 0 Å². The normalized spacial score (nSPS) is 14.4. The van der Waals surface area contributed by atoms with Gasteiger partial charge in [-0.25, -0.2) is 4.79 Å². The molecular weight excluding hydrogens is 378 g/mol. The van der Waals surface area contributed by atoms with E-state index in [1.54, 1.807) is 11.0 Å². The number of nitrogens with one attached hydrogen (secondary N) is 3. The van der Waals surface area contributed by atoms with Gasteiger partial charge in [-0.3, -0.25) is 9.89 Å². The SMILES string of the molecule is Cc1ccc(-c2cc(C(=O)NC3CCN(C(=O)Nc4ccccc4)CC3)[nH]n2)cc1. The van der Waals surface area contributed by atoms with Gasteiger partial charge in [0.25, 0.3) is 5.91 Å². The van der Waals surface area contributed by atoms with Gasteiger partial charge in [-0.15, -0.1) is 0 Å². The fraction of sp³-hybridized carbons (Fsp3) is 0.261. The molecule has 1 aliphatic rings. The molecule has 0 aliphatic carbocycles. The summed E-state index contributed by atoms with van der Waals surface area (Å²) in [6, 6.07) is 19.1. The summed E-state index contributed by atoms with van der Waals surface area (Å²) in [6.45, 7) is 3.23. The van der Waals surface area contributed by atoms with E-state index in [1.165, 1.54) is 5.56 Å². The number of hydrogen-bond donors (Lipinski definition) is 3. The third-order valence-corrected chi connectivity index (χ3v) is 5.31. The number of H-pyrrole nitrogens is 1. The molecule has 7 nitrogen and oxygen atoms in total. The molecule has 4 rings (SSSR count). The maximum Gasteiger partial charge on any atom is 0.321 e. The highest BCUT2D eigenvalue weighted by Crippen LogP contribution is 2.19. The summed E-state index contributed by atoms with van der Waals surface area (Å²) in [5, 5.41) is 13.0. The average Bonchev–Trinajstić information content (AvgIpc) is 3.26. The van der Waals surface area contributed by atoms with Crippen LogP contribution in [0.15, 0.2) is 60.7 Å². The molecule has 0 bridgehead atoms. The molecule has 0 radical (unpaired) electrons. The Labute approximate surface area is 175 Å². The van der Waals surface area contributed by atoms with Crippen LogP contribution in [0.4, 0.5) is 10.5 Å². The van der Waals surface area contributed by atoms with E-state index < -0.39 is 0 Å². The third kappa shape index (κ3) is 4.68. The highest BCUT2D eigenvalue weighted by Gasteiger charge is 2.24. The number of piperidine rings is 1. The number of aromatic amines is 1. The second kappa shape index (κ2) is 8.82. The van der Waals surface area contributed by atoms with Crippen LogP contribution in [0.1, 0.15) is 28.9 Å². The van der Waals surface area contributed by atoms with Crippen molar-refractivity contribution >= 4 is 17.6 Å². The van der Waals surface area contributed by atoms with E-state index >= 15 is 0 Å². The van der Waals surface area contributed by atoms with E-state index in [1.807, 2.05) is 61.5 Å². The lowest BCUT2D eigenvalue weighted by Crippen LogP contribution is -2.47. The molecule has 30 heavy (non-hydrogen) atoms. The van der Waals surface area contributed by atoms with E-state index in [-0.39, 0.29) is 18.0 Å². The summed E-state index contributed by atoms with van der Waals surface area (Å²) >= 11 is 0. The Hall–Kier alpha value is -3.61. The van der Waals surface area contributed by atoms with E-state index in [9.17, 15) is 9.59 Å². The van der Waals surface area contributed by atoms with Crippen LogP contribution in [0.3, 0.4) is 0 Å². The number of carbonyl (C=O) groups is 2. The average molecular weight is 403 g/mol. The first kappa shape index (κ1) is 19.7. The first-order valence-electron chi connectivity index (χ1n) is 10.1. The predicted molar refractivity (Wildman–Crippen MR) is 116 cm³/mol. The summed E-state index contributed by atoms with van der Waals surface area (Å²) in [4.78, 5) is 26.8. The standard InChI is InChI=1S/C23H25N5O2/c1-16-7-9-17(10-8-16)20-15-21(27-26-20)22(29)24-19-11-13-28(14-12-19)23(30)25-18-5-3-2-4-6-18/h2-10,15,19H,11-14H2,1H3,(H,24,29)(H,25,30)(H,26,27). The number of para-hydroxylation sites is 1. The van der Waals surface area contributed by atoms with E-state index in [4.69, 9.17) is 0 Å². The lowest BCUT2D eigenvalue weighted by atomic mass is 10.0. The van der Waals surface area contributed by atoms with Crippen molar-refractivity contribution in [3.63, 3.8) is 0 Å². The van der Waals surface area contributed by atoms with Gasteiger partial charge >= 0.3 is 6.03 Å². The molecule has 1 fully saturated rings. The van der Waals surface area contributed by atoms with Crippen LogP contribution in [0.5, 0.6) is 0 Å². The van der Waals surface area contributed by atoms with Gasteiger partial charge in [0.05, 0.1) is 5.69 Å². The van der Waals surface area contributed by atoms with Crippen molar-refractivity contribution in [2.75, 3.05) is 18.4 Å². The zero-order chi connectivity index (χ0) is 20.9. The zero-order valence-electron chi connectivity index (χ0n) is 16.9. The van der Waals surface area contributed by atoms with Gasteiger partial charge in [0.1, 0.15) is 5.69 Å². The zero-order valence-corrected chi connectivity index (χ0v) is 16.9. The summed E-state index contributed by atoms with van der Waals surface area (Å²) in [7, 11) is 0. The molecule has 0 spiro atoms. The number of hydrogen-bond acceptors (Lipinski definition) is 3. The molecule has 0 unspecified atom stereocenters. The van der Waals surface area contributed by atoms with Crippen molar-refractivity contribution in [1.82, 2.24) is 20.4 Å². The second-order valence-electron chi connectivity index (χ2n) is 7.56. The van der Waals surface area contributed by atoms with Crippen molar-refractivity contribution in [2.45, 2.75) is 25.8 Å². The Balaban J connectivity index is 1.28. The molecule has 154 valence electrons. The van der Waals surface area contributed by atoms with E-state index in [2.05, 4.69) is 20.8 Å². The minimum Gasteiger partial charge on any atom is -0.348 e. The predicted octanol–water partition coefficient (Wildman–Crippen LogP) is 3.81. The van der Waals surface area contributed by atoms with Crippen molar-refractivity contribution in [2.24, 2.45) is 0 Å². The molecule has 7 heteroatoms. The second-order valence-corrected chi connectivity index (χ2v) is 7.56. The van der Waals surface area contributed by atoms with Gasteiger partial charge in [0, 0.05) is 30.4 Å². The molecule has 3 N–H and O–H groups in total. The van der Waals surface area contributed by atoms with E-state index in [0.29, 0.717) is 31.6 Å². The van der Waals surface area contributed by atoms with Crippen LogP contribution < -0.4 is 10.6 Å². The van der Waals surface area contributed by atoms with Crippen molar-refractivity contribution in [3.05, 3.63) is 71.9 Å². The quantitative estimate of drug-likeness (QED) is 0.619. The maximum absolute atomic E-state index is 12.6. The number of amides is 3. The van der Waals surface area contributed by atoms with Gasteiger partial charge < -0.3 is 15.5 Å². The Bertz CT molecular complexity index is 1010. The lowest BCUT2D eigenvalue weighted by Gasteiger charge is -2.32. The fourth-order valence-electron chi connectivity index (χ4n) is 3.52. The number of urea groups is 1. The topological polar surface area (TPSA) is 90.1 Å². The van der Waals surface area contributed by atoms with Crippen LogP contribution in [-0.2, 0) is 0 Å². The number of aromatic nitrogens is 2. The van der Waals surface area contributed by atoms with Crippen LogP contribution in [-0.4, -0.2) is 46.2 Å². The number of anilines is 1. The van der Waals surface area contributed by atoms with Crippen LogP contribution in [0, 0.1) is 6.92 Å². The molecule has 0 atom stereocenters. The number of aryl methyl sites for hydroxylation is 1. The third-order valence-electron chi connectivity index (χ3n) is 5.31. The molecule has 2 heterocycles. The smallest absolute Gasteiger partial charge is 0.321 e. The van der Waals surface area contributed by atoms with Crippen LogP contribution in [0.25, 0.3) is 11.3 Å². The first-order chi connectivity index (χ1) is 14.6. The molecule has 1 saturated heterocycles. The Kier molecular flexibility index (Phi) is 5.79. The van der Waals surface area contributed by atoms with Crippen molar-refractivity contribution in [3.8, 4) is 11.3 Å². The monoisotopic (exact) mass is 403 g/mol. The van der Waals surface area contributed by atoms with Crippen molar-refractivity contribution < 1.29 is 9.59 Å². The van der Waals surface area contributed by atoms with E-state index in [0.717, 1.165) is 16.9 Å². The largest absolute Gasteiger partial charge is 0.348 e. The van der Waals surface area contributed by atoms with Crippen LogP contribution >= 0.6 is 0 Å². The summed E-state index contributed by atoms with van der Waals surface area (Å²) in [5.41, 5.74) is 4.11. The summed E-state index contributed by atoms with van der Waals surface area (Å²) in [5.74, 6) is -0.173. The molecule has 0 saturated carbocycles. The Morgan fingerprint density at radius 2 is 1.73 bits per heavy atom.